The lowest BCUT2D eigenvalue weighted by Gasteiger charge is -2.13. The number of hydrogen-bond acceptors (Lipinski definition) is 3. The molecule has 1 N–H and O–H groups in total. The van der Waals surface area contributed by atoms with Crippen LogP contribution >= 0.6 is 46.4 Å². The summed E-state index contributed by atoms with van der Waals surface area (Å²) >= 11 is 24.2. The number of hydrogen-bond donors (Lipinski definition) is 1. The molecule has 0 aliphatic carbocycles. The molecule has 0 radical (unpaired) electrons. The lowest BCUT2D eigenvalue weighted by molar-refractivity contribution is -0.111. The number of nitrogens with one attached hydrogen (secondary N) is 1. The van der Waals surface area contributed by atoms with Gasteiger partial charge < -0.3 is 14.8 Å². The van der Waals surface area contributed by atoms with Crippen LogP contribution in [0.15, 0.2) is 60.7 Å². The first-order chi connectivity index (χ1) is 14.9. The van der Waals surface area contributed by atoms with Gasteiger partial charge in [0.15, 0.2) is 11.5 Å². The van der Waals surface area contributed by atoms with Gasteiger partial charge in [-0.1, -0.05) is 58.5 Å². The van der Waals surface area contributed by atoms with Gasteiger partial charge in [-0.15, -0.1) is 0 Å². The maximum absolute atomic E-state index is 12.2. The van der Waals surface area contributed by atoms with Gasteiger partial charge in [0.05, 0.1) is 17.2 Å². The number of methoxy groups -OCH3 is 1. The molecule has 3 aromatic carbocycles. The van der Waals surface area contributed by atoms with Gasteiger partial charge in [0, 0.05) is 27.4 Å². The molecule has 0 heterocycles. The normalized spacial score (nSPS) is 10.9. The Bertz CT molecular complexity index is 1110. The summed E-state index contributed by atoms with van der Waals surface area (Å²) in [6.45, 7) is 0.191. The minimum Gasteiger partial charge on any atom is -0.493 e. The summed E-state index contributed by atoms with van der Waals surface area (Å²) in [6.07, 6.45) is 3.06. The van der Waals surface area contributed by atoms with E-state index in [1.54, 1.807) is 60.7 Å². The Morgan fingerprint density at radius 3 is 2.32 bits per heavy atom. The van der Waals surface area contributed by atoms with Crippen LogP contribution in [0, 0.1) is 0 Å². The molecule has 0 bridgehead atoms. The molecule has 0 aromatic heterocycles. The average molecular weight is 497 g/mol. The van der Waals surface area contributed by atoms with Crippen LogP contribution in [0.25, 0.3) is 6.08 Å². The summed E-state index contributed by atoms with van der Waals surface area (Å²) in [5, 5.41) is 4.55. The monoisotopic (exact) mass is 495 g/mol. The minimum atomic E-state index is -0.314. The Morgan fingerprint density at radius 2 is 1.65 bits per heavy atom. The van der Waals surface area contributed by atoms with Crippen LogP contribution in [0.3, 0.4) is 0 Å². The van der Waals surface area contributed by atoms with Gasteiger partial charge in [-0.3, -0.25) is 4.79 Å². The van der Waals surface area contributed by atoms with E-state index in [1.165, 1.54) is 13.2 Å². The average Bonchev–Trinajstić information content (AvgIpc) is 2.75. The molecule has 0 fully saturated rings. The van der Waals surface area contributed by atoms with Crippen molar-refractivity contribution in [2.75, 3.05) is 12.4 Å². The maximum atomic E-state index is 12.2. The quantitative estimate of drug-likeness (QED) is 0.343. The minimum absolute atomic E-state index is 0.191. The third kappa shape index (κ3) is 6.31. The van der Waals surface area contributed by atoms with Crippen molar-refractivity contribution in [3.05, 3.63) is 91.9 Å². The second kappa shape index (κ2) is 10.8. The Labute approximate surface area is 200 Å². The molecule has 0 aliphatic heterocycles. The highest BCUT2D eigenvalue weighted by molar-refractivity contribution is 6.42. The van der Waals surface area contributed by atoms with E-state index in [-0.39, 0.29) is 12.5 Å². The van der Waals surface area contributed by atoms with Crippen molar-refractivity contribution in [1.29, 1.82) is 0 Å². The van der Waals surface area contributed by atoms with Gasteiger partial charge >= 0.3 is 0 Å². The highest BCUT2D eigenvalue weighted by atomic mass is 35.5. The summed E-state index contributed by atoms with van der Waals surface area (Å²) in [5.74, 6) is 0.720. The first-order valence-electron chi connectivity index (χ1n) is 9.05. The van der Waals surface area contributed by atoms with Gasteiger partial charge in [-0.05, 0) is 54.1 Å². The van der Waals surface area contributed by atoms with Crippen molar-refractivity contribution >= 4 is 64.1 Å². The molecular weight excluding hydrogens is 480 g/mol. The molecule has 3 aromatic rings. The van der Waals surface area contributed by atoms with Crippen molar-refractivity contribution in [1.82, 2.24) is 0 Å². The summed E-state index contributed by atoms with van der Waals surface area (Å²) in [5.41, 5.74) is 1.99. The zero-order chi connectivity index (χ0) is 22.4. The summed E-state index contributed by atoms with van der Waals surface area (Å²) in [4.78, 5) is 12.2. The summed E-state index contributed by atoms with van der Waals surface area (Å²) in [7, 11) is 1.54. The van der Waals surface area contributed by atoms with Gasteiger partial charge in [0.1, 0.15) is 6.61 Å². The molecule has 160 valence electrons. The van der Waals surface area contributed by atoms with E-state index < -0.39 is 0 Å². The molecule has 0 aliphatic rings. The fourth-order valence-corrected chi connectivity index (χ4v) is 3.46. The predicted octanol–water partition coefficient (Wildman–Crippen LogP) is 7.54. The number of halogens is 4. The summed E-state index contributed by atoms with van der Waals surface area (Å²) in [6, 6.07) is 15.4. The first kappa shape index (κ1) is 23.3. The second-order valence-corrected chi connectivity index (χ2v) is 7.98. The smallest absolute Gasteiger partial charge is 0.248 e. The van der Waals surface area contributed by atoms with Crippen molar-refractivity contribution in [3.8, 4) is 11.5 Å². The lowest BCUT2D eigenvalue weighted by atomic mass is 10.2. The van der Waals surface area contributed by atoms with Crippen molar-refractivity contribution in [2.45, 2.75) is 6.61 Å². The molecule has 4 nitrogen and oxygen atoms in total. The van der Waals surface area contributed by atoms with E-state index in [0.29, 0.717) is 42.8 Å². The molecule has 0 saturated heterocycles. The number of carbonyl (C=O) groups is 1. The number of amides is 1. The first-order valence-corrected chi connectivity index (χ1v) is 10.6. The standard InChI is InChI=1S/C23H17Cl4NO3/c1-30-22-11-14(6-10-23(29)28-15-7-8-19(26)20(27)12-15)5-9-21(22)31-13-16-17(24)3-2-4-18(16)25/h2-12H,13H2,1H3,(H,28,29). The highest BCUT2D eigenvalue weighted by Gasteiger charge is 2.10. The predicted molar refractivity (Wildman–Crippen MR) is 128 cm³/mol. The van der Waals surface area contributed by atoms with E-state index in [2.05, 4.69) is 5.32 Å². The van der Waals surface area contributed by atoms with Gasteiger partial charge in [0.2, 0.25) is 5.91 Å². The molecule has 3 rings (SSSR count). The van der Waals surface area contributed by atoms with Crippen molar-refractivity contribution in [3.63, 3.8) is 0 Å². The Balaban J connectivity index is 1.67. The molecule has 0 unspecified atom stereocenters. The van der Waals surface area contributed by atoms with Crippen molar-refractivity contribution in [2.24, 2.45) is 0 Å². The highest BCUT2D eigenvalue weighted by Crippen LogP contribution is 2.32. The molecule has 8 heteroatoms. The largest absolute Gasteiger partial charge is 0.493 e. The Hall–Kier alpha value is -2.37. The number of carbonyl (C=O) groups excluding carboxylic acids is 1. The SMILES string of the molecule is COc1cc(C=CC(=O)Nc2ccc(Cl)c(Cl)c2)ccc1OCc1c(Cl)cccc1Cl. The van der Waals surface area contributed by atoms with Crippen LogP contribution in [0.5, 0.6) is 11.5 Å². The van der Waals surface area contributed by atoms with Crippen LogP contribution < -0.4 is 14.8 Å². The van der Waals surface area contributed by atoms with E-state index in [1.807, 2.05) is 0 Å². The third-order valence-corrected chi connectivity index (χ3v) is 5.68. The molecule has 0 saturated carbocycles. The maximum Gasteiger partial charge on any atom is 0.248 e. The fraction of sp³-hybridized carbons (Fsp3) is 0.0870. The lowest BCUT2D eigenvalue weighted by Crippen LogP contribution is -2.07. The molecule has 0 spiro atoms. The van der Waals surface area contributed by atoms with Crippen LogP contribution in [-0.2, 0) is 11.4 Å². The van der Waals surface area contributed by atoms with Gasteiger partial charge in [-0.25, -0.2) is 0 Å². The number of anilines is 1. The zero-order valence-corrected chi connectivity index (χ0v) is 19.3. The fourth-order valence-electron chi connectivity index (χ4n) is 2.66. The Kier molecular flexibility index (Phi) is 8.10. The summed E-state index contributed by atoms with van der Waals surface area (Å²) < 4.78 is 11.2. The van der Waals surface area contributed by atoms with Crippen LogP contribution in [0.4, 0.5) is 5.69 Å². The number of benzene rings is 3. The molecule has 31 heavy (non-hydrogen) atoms. The third-order valence-electron chi connectivity index (χ3n) is 4.24. The van der Waals surface area contributed by atoms with E-state index in [4.69, 9.17) is 55.9 Å². The van der Waals surface area contributed by atoms with E-state index in [9.17, 15) is 4.79 Å². The van der Waals surface area contributed by atoms with Crippen molar-refractivity contribution < 1.29 is 14.3 Å². The van der Waals surface area contributed by atoms with Crippen LogP contribution in [0.2, 0.25) is 20.1 Å². The van der Waals surface area contributed by atoms with Gasteiger partial charge in [-0.2, -0.15) is 0 Å². The van der Waals surface area contributed by atoms with Crippen LogP contribution in [0.1, 0.15) is 11.1 Å². The van der Waals surface area contributed by atoms with E-state index in [0.717, 1.165) is 5.56 Å². The molecule has 0 atom stereocenters. The Morgan fingerprint density at radius 1 is 0.903 bits per heavy atom. The van der Waals surface area contributed by atoms with Crippen LogP contribution in [-0.4, -0.2) is 13.0 Å². The second-order valence-electron chi connectivity index (χ2n) is 6.35. The molecule has 1 amide bonds. The van der Waals surface area contributed by atoms with E-state index >= 15 is 0 Å². The number of ether oxygens (including phenoxy) is 2. The zero-order valence-electron chi connectivity index (χ0n) is 16.3. The number of rotatable bonds is 7. The molecular formula is C23H17Cl4NO3. The topological polar surface area (TPSA) is 47.6 Å². The van der Waals surface area contributed by atoms with Gasteiger partial charge in [0.25, 0.3) is 0 Å².